The zero-order valence-corrected chi connectivity index (χ0v) is 20.1. The molecule has 0 bridgehead atoms. The van der Waals surface area contributed by atoms with E-state index in [4.69, 9.17) is 9.15 Å². The molecule has 0 aliphatic heterocycles. The fourth-order valence-corrected chi connectivity index (χ4v) is 4.60. The van der Waals surface area contributed by atoms with Crippen molar-refractivity contribution in [1.82, 2.24) is 4.98 Å². The number of aromatic hydroxyl groups is 2. The highest BCUT2D eigenvalue weighted by atomic mass is 16.5. The van der Waals surface area contributed by atoms with E-state index in [1.165, 1.54) is 37.6 Å². The summed E-state index contributed by atoms with van der Waals surface area (Å²) in [5.41, 5.74) is 2.01. The minimum absolute atomic E-state index is 0.0579. The molecule has 37 heavy (non-hydrogen) atoms. The average molecular weight is 498 g/mol. The maximum Gasteiger partial charge on any atom is 0.306 e. The lowest BCUT2D eigenvalue weighted by Gasteiger charge is -2.19. The van der Waals surface area contributed by atoms with Gasteiger partial charge in [0.05, 0.1) is 24.5 Å². The van der Waals surface area contributed by atoms with Crippen LogP contribution in [0.4, 0.5) is 0 Å². The highest BCUT2D eigenvalue weighted by Gasteiger charge is 2.29. The predicted molar refractivity (Wildman–Crippen MR) is 139 cm³/mol. The van der Waals surface area contributed by atoms with Crippen LogP contribution in [0.3, 0.4) is 0 Å². The molecule has 0 aliphatic carbocycles. The number of aryl methyl sites for hydroxylation is 1. The molecule has 2 heterocycles. The first-order valence-electron chi connectivity index (χ1n) is 11.5. The Morgan fingerprint density at radius 2 is 1.78 bits per heavy atom. The van der Waals surface area contributed by atoms with E-state index in [0.717, 1.165) is 10.9 Å². The summed E-state index contributed by atoms with van der Waals surface area (Å²) >= 11 is 0. The lowest BCUT2D eigenvalue weighted by atomic mass is 9.86. The first-order valence-corrected chi connectivity index (χ1v) is 11.5. The monoisotopic (exact) mass is 497 g/mol. The van der Waals surface area contributed by atoms with E-state index < -0.39 is 17.4 Å². The number of rotatable bonds is 5. The fourth-order valence-electron chi connectivity index (χ4n) is 4.60. The zero-order chi connectivity index (χ0) is 26.3. The number of aromatic nitrogens is 1. The largest absolute Gasteiger partial charge is 0.508 e. The third kappa shape index (κ3) is 4.33. The Morgan fingerprint density at radius 1 is 1.03 bits per heavy atom. The van der Waals surface area contributed by atoms with Crippen LogP contribution < -0.4 is 11.0 Å². The SMILES string of the molecule is COC(=O)C[C@H](c1cc2ccc(C)cc2[nH]c1=O)c1c(O)ccc2c(=O)c(-c3ccc(O)cc3)coc12. The first-order chi connectivity index (χ1) is 17.8. The van der Waals surface area contributed by atoms with Gasteiger partial charge in [-0.3, -0.25) is 14.4 Å². The van der Waals surface area contributed by atoms with Gasteiger partial charge in [0, 0.05) is 22.6 Å². The van der Waals surface area contributed by atoms with Crippen LogP contribution in [0.1, 0.15) is 29.0 Å². The molecule has 3 aromatic carbocycles. The van der Waals surface area contributed by atoms with Gasteiger partial charge in [-0.15, -0.1) is 0 Å². The Labute approximate surface area is 210 Å². The number of aromatic amines is 1. The van der Waals surface area contributed by atoms with Gasteiger partial charge in [-0.25, -0.2) is 0 Å². The van der Waals surface area contributed by atoms with E-state index in [9.17, 15) is 24.6 Å². The third-order valence-electron chi connectivity index (χ3n) is 6.49. The molecule has 0 aliphatic rings. The van der Waals surface area contributed by atoms with Crippen molar-refractivity contribution < 1.29 is 24.2 Å². The Kier molecular flexibility index (Phi) is 6.01. The Bertz CT molecular complexity index is 1780. The third-order valence-corrected chi connectivity index (χ3v) is 6.49. The summed E-state index contributed by atoms with van der Waals surface area (Å²) in [6.45, 7) is 1.91. The summed E-state index contributed by atoms with van der Waals surface area (Å²) in [7, 11) is 1.24. The van der Waals surface area contributed by atoms with Crippen molar-refractivity contribution in [1.29, 1.82) is 0 Å². The van der Waals surface area contributed by atoms with Gasteiger partial charge in [0.25, 0.3) is 5.56 Å². The molecule has 1 atom stereocenters. The molecule has 0 radical (unpaired) electrons. The van der Waals surface area contributed by atoms with Crippen molar-refractivity contribution in [3.8, 4) is 22.6 Å². The number of hydrogen-bond donors (Lipinski definition) is 3. The molecule has 186 valence electrons. The van der Waals surface area contributed by atoms with Gasteiger partial charge in [-0.1, -0.05) is 24.3 Å². The molecular weight excluding hydrogens is 474 g/mol. The van der Waals surface area contributed by atoms with Gasteiger partial charge in [-0.05, 0) is 59.8 Å². The summed E-state index contributed by atoms with van der Waals surface area (Å²) in [4.78, 5) is 41.9. The van der Waals surface area contributed by atoms with Gasteiger partial charge < -0.3 is 24.4 Å². The van der Waals surface area contributed by atoms with Crippen molar-refractivity contribution in [3.05, 3.63) is 104 Å². The standard InChI is InChI=1S/C29H23NO7/c1-15-3-4-17-12-21(29(35)30-23(17)11-15)20(13-25(33)36-2)26-24(32)10-9-19-27(34)22(14-37-28(19)26)16-5-7-18(31)8-6-16/h3-12,14,20,31-32H,13H2,1-2H3,(H,30,35)/t20-/m1/s1. The number of methoxy groups -OCH3 is 1. The topological polar surface area (TPSA) is 130 Å². The van der Waals surface area contributed by atoms with E-state index in [1.54, 1.807) is 18.2 Å². The van der Waals surface area contributed by atoms with E-state index >= 15 is 0 Å². The molecule has 8 nitrogen and oxygen atoms in total. The lowest BCUT2D eigenvalue weighted by Crippen LogP contribution is -2.20. The van der Waals surface area contributed by atoms with E-state index in [2.05, 4.69) is 4.98 Å². The number of phenols is 2. The number of hydrogen-bond acceptors (Lipinski definition) is 7. The zero-order valence-electron chi connectivity index (χ0n) is 20.1. The second kappa shape index (κ2) is 9.31. The molecule has 2 aromatic heterocycles. The predicted octanol–water partition coefficient (Wildman–Crippen LogP) is 4.72. The van der Waals surface area contributed by atoms with Crippen LogP contribution in [-0.4, -0.2) is 28.3 Å². The Hall–Kier alpha value is -4.85. The number of carbonyl (C=O) groups is 1. The van der Waals surface area contributed by atoms with Crippen molar-refractivity contribution in [2.24, 2.45) is 0 Å². The number of H-pyrrole nitrogens is 1. The lowest BCUT2D eigenvalue weighted by molar-refractivity contribution is -0.140. The smallest absolute Gasteiger partial charge is 0.306 e. The summed E-state index contributed by atoms with van der Waals surface area (Å²) in [5, 5.41) is 21.4. The molecule has 3 N–H and O–H groups in total. The highest BCUT2D eigenvalue weighted by Crippen LogP contribution is 2.39. The van der Waals surface area contributed by atoms with Crippen LogP contribution in [0.2, 0.25) is 0 Å². The molecule has 0 spiro atoms. The highest BCUT2D eigenvalue weighted by molar-refractivity contribution is 5.88. The fraction of sp³-hybridized carbons (Fsp3) is 0.138. The molecule has 0 saturated heterocycles. The quantitative estimate of drug-likeness (QED) is 0.300. The number of fused-ring (bicyclic) bond motifs is 2. The molecule has 0 fully saturated rings. The van der Waals surface area contributed by atoms with Crippen molar-refractivity contribution in [3.63, 3.8) is 0 Å². The summed E-state index contributed by atoms with van der Waals surface area (Å²) in [5.74, 6) is -1.74. The van der Waals surface area contributed by atoms with Crippen LogP contribution >= 0.6 is 0 Å². The molecule has 5 rings (SSSR count). The number of carbonyl (C=O) groups excluding carboxylic acids is 1. The molecule has 5 aromatic rings. The van der Waals surface area contributed by atoms with Gasteiger partial charge in [0.1, 0.15) is 23.3 Å². The summed E-state index contributed by atoms with van der Waals surface area (Å²) in [6, 6.07) is 16.1. The van der Waals surface area contributed by atoms with Crippen molar-refractivity contribution >= 4 is 27.8 Å². The maximum atomic E-state index is 13.4. The second-order valence-electron chi connectivity index (χ2n) is 8.88. The number of phenolic OH excluding ortho intramolecular Hbond substituents is 2. The second-order valence-corrected chi connectivity index (χ2v) is 8.88. The molecule has 8 heteroatoms. The number of benzene rings is 3. The average Bonchev–Trinajstić information content (AvgIpc) is 2.88. The molecular formula is C29H23NO7. The first kappa shape index (κ1) is 23.9. The van der Waals surface area contributed by atoms with Crippen LogP contribution in [0.5, 0.6) is 11.5 Å². The number of ether oxygens (including phenoxy) is 1. The number of pyridine rings is 1. The van der Waals surface area contributed by atoms with Crippen LogP contribution in [0, 0.1) is 6.92 Å². The number of nitrogens with one attached hydrogen (secondary N) is 1. The van der Waals surface area contributed by atoms with Gasteiger partial charge in [0.2, 0.25) is 5.43 Å². The maximum absolute atomic E-state index is 13.4. The summed E-state index contributed by atoms with van der Waals surface area (Å²) < 4.78 is 10.8. The van der Waals surface area contributed by atoms with E-state index in [1.807, 2.05) is 25.1 Å². The summed E-state index contributed by atoms with van der Waals surface area (Å²) in [6.07, 6.45) is 0.996. The van der Waals surface area contributed by atoms with Gasteiger partial charge in [-0.2, -0.15) is 0 Å². The normalized spacial score (nSPS) is 12.1. The van der Waals surface area contributed by atoms with Crippen LogP contribution in [0.15, 0.2) is 80.9 Å². The van der Waals surface area contributed by atoms with Crippen molar-refractivity contribution in [2.45, 2.75) is 19.3 Å². The molecule has 0 unspecified atom stereocenters. The van der Waals surface area contributed by atoms with Crippen LogP contribution in [-0.2, 0) is 9.53 Å². The van der Waals surface area contributed by atoms with E-state index in [0.29, 0.717) is 11.1 Å². The van der Waals surface area contributed by atoms with Crippen molar-refractivity contribution in [2.75, 3.05) is 7.11 Å². The minimum atomic E-state index is -0.965. The Morgan fingerprint density at radius 3 is 2.51 bits per heavy atom. The molecule has 0 saturated carbocycles. The number of esters is 1. The Balaban J connectivity index is 1.76. The van der Waals surface area contributed by atoms with Crippen LogP contribution in [0.25, 0.3) is 33.0 Å². The van der Waals surface area contributed by atoms with E-state index in [-0.39, 0.29) is 51.0 Å². The molecule has 0 amide bonds. The van der Waals surface area contributed by atoms with Gasteiger partial charge in [0.15, 0.2) is 0 Å². The van der Waals surface area contributed by atoms with Gasteiger partial charge >= 0.3 is 5.97 Å². The minimum Gasteiger partial charge on any atom is -0.508 e.